The summed E-state index contributed by atoms with van der Waals surface area (Å²) in [6, 6.07) is 19.7. The quantitative estimate of drug-likeness (QED) is 0.580. The van der Waals surface area contributed by atoms with Crippen LogP contribution in [0.3, 0.4) is 0 Å². The van der Waals surface area contributed by atoms with Crippen LogP contribution < -0.4 is 5.73 Å². The average Bonchev–Trinajstić information content (AvgIpc) is 2.98. The van der Waals surface area contributed by atoms with Gasteiger partial charge in [0.1, 0.15) is 0 Å². The molecule has 1 amide bonds. The topological polar surface area (TPSA) is 61.6 Å². The van der Waals surface area contributed by atoms with Crippen molar-refractivity contribution in [1.29, 1.82) is 0 Å². The molecule has 0 aliphatic carbocycles. The van der Waals surface area contributed by atoms with Crippen LogP contribution in [0.4, 0.5) is 4.79 Å². The lowest BCUT2D eigenvalue weighted by atomic mass is 9.94. The number of thiophene rings is 1. The monoisotopic (exact) mass is 313 g/mol. The molecule has 4 nitrogen and oxygen atoms in total. The number of hydrogen-bond acceptors (Lipinski definition) is 4. The predicted octanol–water partition coefficient (Wildman–Crippen LogP) is 4.19. The fraction of sp³-hybridized carbons (Fsp3) is 0.118. The van der Waals surface area contributed by atoms with E-state index in [4.69, 9.17) is 10.6 Å². The lowest BCUT2D eigenvalue weighted by molar-refractivity contribution is -0.300. The first kappa shape index (κ1) is 14.6. The van der Waals surface area contributed by atoms with Crippen molar-refractivity contribution in [1.82, 2.24) is 0 Å². The average molecular weight is 313 g/mol. The van der Waals surface area contributed by atoms with Crippen LogP contribution in [0.25, 0.3) is 10.1 Å². The smallest absolute Gasteiger partial charge is 0.333 e. The Kier molecular flexibility index (Phi) is 3.83. The van der Waals surface area contributed by atoms with E-state index in [0.29, 0.717) is 0 Å². The molecule has 1 aromatic heterocycles. The minimum Gasteiger partial charge on any atom is -0.333 e. The van der Waals surface area contributed by atoms with Gasteiger partial charge in [-0.2, -0.15) is 4.89 Å². The number of primary amides is 1. The normalized spacial score (nSPS) is 13.7. The van der Waals surface area contributed by atoms with Crippen molar-refractivity contribution in [3.05, 3.63) is 71.1 Å². The van der Waals surface area contributed by atoms with E-state index in [1.54, 1.807) is 11.3 Å². The van der Waals surface area contributed by atoms with E-state index in [0.717, 1.165) is 20.5 Å². The van der Waals surface area contributed by atoms with Gasteiger partial charge in [0.25, 0.3) is 0 Å². The van der Waals surface area contributed by atoms with E-state index in [1.807, 2.05) is 67.6 Å². The number of fused-ring (bicyclic) bond motifs is 1. The standard InChI is InChI=1S/C17H15NO3S/c1-17(21-20-16(18)19,13-8-3-2-4-9-13)15-11-12-7-5-6-10-14(12)22-15/h2-11H,1H3,(H2,18,19). The first-order chi connectivity index (χ1) is 10.6. The minimum atomic E-state index is -0.969. The third-order valence-corrected chi connectivity index (χ3v) is 4.83. The largest absolute Gasteiger partial charge is 0.436 e. The molecule has 5 heteroatoms. The first-order valence-corrected chi connectivity index (χ1v) is 7.61. The van der Waals surface area contributed by atoms with Gasteiger partial charge in [0.15, 0.2) is 5.60 Å². The number of benzene rings is 2. The molecule has 1 atom stereocenters. The van der Waals surface area contributed by atoms with E-state index in [-0.39, 0.29) is 0 Å². The third kappa shape index (κ3) is 2.68. The van der Waals surface area contributed by atoms with Crippen molar-refractivity contribution in [2.75, 3.05) is 0 Å². The van der Waals surface area contributed by atoms with Crippen molar-refractivity contribution >= 4 is 27.5 Å². The summed E-state index contributed by atoms with van der Waals surface area (Å²) in [5, 5.41) is 1.12. The van der Waals surface area contributed by atoms with Crippen LogP contribution in [0.5, 0.6) is 0 Å². The van der Waals surface area contributed by atoms with Crippen LogP contribution in [-0.4, -0.2) is 6.09 Å². The Morgan fingerprint density at radius 2 is 1.77 bits per heavy atom. The van der Waals surface area contributed by atoms with E-state index in [2.05, 4.69) is 4.89 Å². The van der Waals surface area contributed by atoms with Crippen LogP contribution >= 0.6 is 11.3 Å². The molecule has 0 fully saturated rings. The number of carbonyl (C=O) groups excluding carboxylic acids is 1. The van der Waals surface area contributed by atoms with Crippen molar-refractivity contribution in [3.63, 3.8) is 0 Å². The van der Waals surface area contributed by atoms with Gasteiger partial charge in [-0.1, -0.05) is 48.5 Å². The highest BCUT2D eigenvalue weighted by molar-refractivity contribution is 7.19. The molecule has 0 radical (unpaired) electrons. The maximum absolute atomic E-state index is 11.0. The van der Waals surface area contributed by atoms with E-state index >= 15 is 0 Å². The number of nitrogens with two attached hydrogens (primary N) is 1. The Balaban J connectivity index is 2.09. The number of amides is 1. The molecule has 0 saturated heterocycles. The first-order valence-electron chi connectivity index (χ1n) is 6.79. The molecular weight excluding hydrogens is 298 g/mol. The zero-order valence-electron chi connectivity index (χ0n) is 12.0. The second-order valence-electron chi connectivity index (χ2n) is 5.03. The lowest BCUT2D eigenvalue weighted by Crippen LogP contribution is -2.29. The second-order valence-corrected chi connectivity index (χ2v) is 6.12. The van der Waals surface area contributed by atoms with Crippen molar-refractivity contribution in [2.24, 2.45) is 5.73 Å². The summed E-state index contributed by atoms with van der Waals surface area (Å²) in [6.45, 7) is 1.86. The third-order valence-electron chi connectivity index (χ3n) is 3.51. The van der Waals surface area contributed by atoms with Crippen LogP contribution in [0.2, 0.25) is 0 Å². The Morgan fingerprint density at radius 3 is 2.45 bits per heavy atom. The summed E-state index contributed by atoms with van der Waals surface area (Å²) in [7, 11) is 0. The Morgan fingerprint density at radius 1 is 1.09 bits per heavy atom. The van der Waals surface area contributed by atoms with Crippen LogP contribution in [0.1, 0.15) is 17.4 Å². The molecule has 22 heavy (non-hydrogen) atoms. The summed E-state index contributed by atoms with van der Waals surface area (Å²) in [4.78, 5) is 22.0. The van der Waals surface area contributed by atoms with Crippen LogP contribution in [-0.2, 0) is 15.4 Å². The highest BCUT2D eigenvalue weighted by atomic mass is 32.1. The summed E-state index contributed by atoms with van der Waals surface area (Å²) >= 11 is 1.59. The van der Waals surface area contributed by atoms with Gasteiger partial charge in [0.2, 0.25) is 0 Å². The molecule has 3 aromatic rings. The second kappa shape index (κ2) is 5.79. The number of rotatable bonds is 4. The minimum absolute atomic E-state index is 0.878. The molecule has 0 aliphatic heterocycles. The molecule has 0 aliphatic rings. The van der Waals surface area contributed by atoms with Gasteiger partial charge >= 0.3 is 6.09 Å². The van der Waals surface area contributed by atoms with Gasteiger partial charge in [-0.25, -0.2) is 4.79 Å². The molecule has 0 saturated carbocycles. The van der Waals surface area contributed by atoms with Gasteiger partial charge in [0.05, 0.1) is 0 Å². The summed E-state index contributed by atoms with van der Waals surface area (Å²) in [6.07, 6.45) is -0.969. The highest BCUT2D eigenvalue weighted by Crippen LogP contribution is 2.40. The molecule has 0 spiro atoms. The maximum atomic E-state index is 11.0. The Labute approximate surface area is 132 Å². The molecule has 2 aromatic carbocycles. The van der Waals surface area contributed by atoms with E-state index in [1.165, 1.54) is 0 Å². The molecule has 1 heterocycles. The van der Waals surface area contributed by atoms with Gasteiger partial charge in [-0.3, -0.25) is 4.89 Å². The molecule has 0 bridgehead atoms. The summed E-state index contributed by atoms with van der Waals surface area (Å²) < 4.78 is 1.14. The van der Waals surface area contributed by atoms with E-state index < -0.39 is 11.7 Å². The fourth-order valence-corrected chi connectivity index (χ4v) is 3.49. The number of hydrogen-bond donors (Lipinski definition) is 1. The zero-order chi connectivity index (χ0) is 15.6. The predicted molar refractivity (Wildman–Crippen MR) is 86.5 cm³/mol. The highest BCUT2D eigenvalue weighted by Gasteiger charge is 2.34. The van der Waals surface area contributed by atoms with Gasteiger partial charge < -0.3 is 5.73 Å². The SMILES string of the molecule is CC(OOC(N)=O)(c1ccccc1)c1cc2ccccc2s1. The Bertz CT molecular complexity index is 767. The van der Waals surface area contributed by atoms with Crippen LogP contribution in [0.15, 0.2) is 60.7 Å². The molecule has 1 unspecified atom stereocenters. The molecule has 2 N–H and O–H groups in total. The van der Waals surface area contributed by atoms with Crippen molar-refractivity contribution < 1.29 is 14.6 Å². The van der Waals surface area contributed by atoms with Gasteiger partial charge in [0, 0.05) is 9.58 Å². The van der Waals surface area contributed by atoms with Crippen molar-refractivity contribution in [2.45, 2.75) is 12.5 Å². The summed E-state index contributed by atoms with van der Waals surface area (Å²) in [5.74, 6) is 0. The van der Waals surface area contributed by atoms with E-state index in [9.17, 15) is 4.79 Å². The van der Waals surface area contributed by atoms with Crippen LogP contribution in [0, 0.1) is 0 Å². The molecule has 3 rings (SSSR count). The lowest BCUT2D eigenvalue weighted by Gasteiger charge is -2.26. The van der Waals surface area contributed by atoms with Gasteiger partial charge in [-0.05, 0) is 30.0 Å². The maximum Gasteiger partial charge on any atom is 0.436 e. The summed E-state index contributed by atoms with van der Waals surface area (Å²) in [5.41, 5.74) is 5.01. The Hall–Kier alpha value is -2.37. The van der Waals surface area contributed by atoms with Gasteiger partial charge in [-0.15, -0.1) is 11.3 Å². The molecule has 112 valence electrons. The fourth-order valence-electron chi connectivity index (χ4n) is 2.33. The molecular formula is C17H15NO3S. The number of carbonyl (C=O) groups is 1. The van der Waals surface area contributed by atoms with Crippen molar-refractivity contribution in [3.8, 4) is 0 Å². The zero-order valence-corrected chi connectivity index (χ0v) is 12.8.